The lowest BCUT2D eigenvalue weighted by Gasteiger charge is -2.14. The van der Waals surface area contributed by atoms with Crippen molar-refractivity contribution in [1.29, 1.82) is 0 Å². The first-order valence-electron chi connectivity index (χ1n) is 9.35. The fourth-order valence-corrected chi connectivity index (χ4v) is 3.61. The van der Waals surface area contributed by atoms with E-state index in [-0.39, 0.29) is 24.5 Å². The first kappa shape index (κ1) is 21.0. The Morgan fingerprint density at radius 3 is 2.65 bits per heavy atom. The predicted octanol–water partition coefficient (Wildman–Crippen LogP) is 4.84. The number of alkyl halides is 2. The Hall–Kier alpha value is -3.23. The number of imidazole rings is 1. The summed E-state index contributed by atoms with van der Waals surface area (Å²) in [5.74, 6) is 0.667. The quantitative estimate of drug-likeness (QED) is 0.442. The van der Waals surface area contributed by atoms with Crippen LogP contribution in [-0.4, -0.2) is 28.3 Å². The van der Waals surface area contributed by atoms with Crippen LogP contribution in [0, 0.1) is 0 Å². The van der Waals surface area contributed by atoms with Crippen LogP contribution in [0.25, 0.3) is 22.2 Å². The van der Waals surface area contributed by atoms with Crippen molar-refractivity contribution in [2.45, 2.75) is 19.8 Å². The maximum atomic E-state index is 12.9. The summed E-state index contributed by atoms with van der Waals surface area (Å²) in [7, 11) is 1.56. The molecule has 0 radical (unpaired) electrons. The van der Waals surface area contributed by atoms with Gasteiger partial charge in [-0.3, -0.25) is 4.79 Å². The molecule has 0 spiro atoms. The van der Waals surface area contributed by atoms with Gasteiger partial charge >= 0.3 is 6.61 Å². The van der Waals surface area contributed by atoms with Gasteiger partial charge in [-0.1, -0.05) is 17.7 Å². The van der Waals surface area contributed by atoms with Crippen molar-refractivity contribution >= 4 is 22.6 Å². The van der Waals surface area contributed by atoms with Gasteiger partial charge in [-0.15, -0.1) is 0 Å². The van der Waals surface area contributed by atoms with Crippen LogP contribution in [0.15, 0.2) is 59.5 Å². The number of benzene rings is 2. The molecule has 0 unspecified atom stereocenters. The minimum absolute atomic E-state index is 0.0430. The highest BCUT2D eigenvalue weighted by Gasteiger charge is 2.16. The predicted molar refractivity (Wildman–Crippen MR) is 114 cm³/mol. The van der Waals surface area contributed by atoms with Crippen molar-refractivity contribution in [2.75, 3.05) is 7.11 Å². The lowest BCUT2D eigenvalue weighted by atomic mass is 10.1. The number of hydrogen-bond donors (Lipinski definition) is 1. The molecule has 9 heteroatoms. The Kier molecular flexibility index (Phi) is 6.01. The largest absolute Gasteiger partial charge is 0.434 e. The van der Waals surface area contributed by atoms with Crippen LogP contribution in [0.4, 0.5) is 8.78 Å². The smallest absolute Gasteiger partial charge is 0.387 e. The summed E-state index contributed by atoms with van der Waals surface area (Å²) < 4.78 is 37.6. The number of ether oxygens (including phenoxy) is 2. The van der Waals surface area contributed by atoms with E-state index in [0.717, 1.165) is 22.2 Å². The van der Waals surface area contributed by atoms with Gasteiger partial charge < -0.3 is 19.0 Å². The van der Waals surface area contributed by atoms with Gasteiger partial charge in [-0.2, -0.15) is 8.78 Å². The third-order valence-electron chi connectivity index (χ3n) is 4.79. The van der Waals surface area contributed by atoms with E-state index in [9.17, 15) is 13.6 Å². The van der Waals surface area contributed by atoms with Gasteiger partial charge in [0, 0.05) is 30.0 Å². The molecule has 160 valence electrons. The second kappa shape index (κ2) is 8.87. The maximum Gasteiger partial charge on any atom is 0.387 e. The van der Waals surface area contributed by atoms with E-state index in [4.69, 9.17) is 16.3 Å². The van der Waals surface area contributed by atoms with Crippen LogP contribution in [0.2, 0.25) is 5.02 Å². The molecule has 6 nitrogen and oxygen atoms in total. The molecule has 4 rings (SSSR count). The van der Waals surface area contributed by atoms with Gasteiger partial charge in [0.2, 0.25) is 5.56 Å². The van der Waals surface area contributed by atoms with Crippen molar-refractivity contribution in [2.24, 2.45) is 0 Å². The second-order valence-electron chi connectivity index (χ2n) is 6.82. The third kappa shape index (κ3) is 4.60. The molecule has 1 N–H and O–H groups in total. The summed E-state index contributed by atoms with van der Waals surface area (Å²) in [4.78, 5) is 18.7. The highest BCUT2D eigenvalue weighted by molar-refractivity contribution is 6.30. The first-order chi connectivity index (χ1) is 14.9. The summed E-state index contributed by atoms with van der Waals surface area (Å²) in [6.07, 6.45) is 1.63. The van der Waals surface area contributed by atoms with E-state index >= 15 is 0 Å². The fourth-order valence-electron chi connectivity index (χ4n) is 3.41. The lowest BCUT2D eigenvalue weighted by Crippen LogP contribution is -2.10. The molecule has 0 fully saturated rings. The van der Waals surface area contributed by atoms with Crippen LogP contribution in [0.3, 0.4) is 0 Å². The van der Waals surface area contributed by atoms with Crippen LogP contribution in [-0.2, 0) is 17.9 Å². The molecule has 0 aliphatic carbocycles. The van der Waals surface area contributed by atoms with Crippen LogP contribution >= 0.6 is 11.6 Å². The second-order valence-corrected chi connectivity index (χ2v) is 7.26. The van der Waals surface area contributed by atoms with Crippen molar-refractivity contribution in [3.63, 3.8) is 0 Å². The van der Waals surface area contributed by atoms with Gasteiger partial charge in [0.25, 0.3) is 0 Å². The number of nitrogens with zero attached hydrogens (tertiary/aromatic N) is 2. The number of methoxy groups -OCH3 is 1. The maximum absolute atomic E-state index is 12.9. The third-order valence-corrected chi connectivity index (χ3v) is 5.02. The summed E-state index contributed by atoms with van der Waals surface area (Å²) in [6, 6.07) is 13.4. The van der Waals surface area contributed by atoms with E-state index in [2.05, 4.69) is 14.7 Å². The van der Waals surface area contributed by atoms with E-state index in [1.807, 2.05) is 22.8 Å². The minimum Gasteiger partial charge on any atom is -0.434 e. The van der Waals surface area contributed by atoms with Crippen LogP contribution < -0.4 is 10.3 Å². The summed E-state index contributed by atoms with van der Waals surface area (Å²) in [5.41, 5.74) is 3.48. The summed E-state index contributed by atoms with van der Waals surface area (Å²) in [6.45, 7) is -2.52. The number of nitrogens with one attached hydrogen (secondary N) is 1. The summed E-state index contributed by atoms with van der Waals surface area (Å²) in [5, 5.41) is 0.406. The number of fused-ring (bicyclic) bond motifs is 1. The Labute approximate surface area is 181 Å². The van der Waals surface area contributed by atoms with Crippen molar-refractivity contribution in [1.82, 2.24) is 14.5 Å². The molecule has 0 saturated heterocycles. The van der Waals surface area contributed by atoms with Crippen LogP contribution in [0.1, 0.15) is 11.4 Å². The Balaban J connectivity index is 1.83. The SMILES string of the molecule is COCc1nc2ccc(-c3ccc(=O)[nH]c3)cc2n1Cc1cc(Cl)ccc1OC(F)F. The van der Waals surface area contributed by atoms with Crippen LogP contribution in [0.5, 0.6) is 5.75 Å². The summed E-state index contributed by atoms with van der Waals surface area (Å²) >= 11 is 6.11. The first-order valence-corrected chi connectivity index (χ1v) is 9.73. The molecule has 4 aromatic rings. The molecule has 0 aliphatic rings. The number of halogens is 3. The minimum atomic E-state index is -2.95. The Morgan fingerprint density at radius 1 is 1.13 bits per heavy atom. The molecule has 2 heterocycles. The van der Waals surface area contributed by atoms with Gasteiger partial charge in [0.1, 0.15) is 18.2 Å². The number of hydrogen-bond acceptors (Lipinski definition) is 4. The molecule has 2 aromatic heterocycles. The molecule has 31 heavy (non-hydrogen) atoms. The Morgan fingerprint density at radius 2 is 1.94 bits per heavy atom. The molecular formula is C22H18ClF2N3O3. The zero-order valence-electron chi connectivity index (χ0n) is 16.4. The van der Waals surface area contributed by atoms with E-state index in [1.165, 1.54) is 18.2 Å². The lowest BCUT2D eigenvalue weighted by molar-refractivity contribution is -0.0504. The van der Waals surface area contributed by atoms with Gasteiger partial charge in [-0.25, -0.2) is 4.98 Å². The zero-order valence-corrected chi connectivity index (χ0v) is 17.2. The van der Waals surface area contributed by atoms with E-state index in [1.54, 1.807) is 25.4 Å². The number of aromatic nitrogens is 3. The molecule has 0 amide bonds. The molecular weight excluding hydrogens is 428 g/mol. The molecule has 0 bridgehead atoms. The highest BCUT2D eigenvalue weighted by Crippen LogP contribution is 2.29. The van der Waals surface area contributed by atoms with Crippen molar-refractivity contribution < 1.29 is 18.3 Å². The monoisotopic (exact) mass is 445 g/mol. The van der Waals surface area contributed by atoms with Crippen molar-refractivity contribution in [3.05, 3.63) is 81.5 Å². The fraction of sp³-hybridized carbons (Fsp3) is 0.182. The normalized spacial score (nSPS) is 11.4. The molecule has 0 aliphatic heterocycles. The average Bonchev–Trinajstić information content (AvgIpc) is 3.07. The highest BCUT2D eigenvalue weighted by atomic mass is 35.5. The van der Waals surface area contributed by atoms with Gasteiger partial charge in [-0.05, 0) is 47.5 Å². The zero-order chi connectivity index (χ0) is 22.0. The number of aromatic amines is 1. The topological polar surface area (TPSA) is 69.1 Å². The molecule has 0 atom stereocenters. The molecule has 0 saturated carbocycles. The van der Waals surface area contributed by atoms with E-state index < -0.39 is 6.61 Å². The van der Waals surface area contributed by atoms with Crippen molar-refractivity contribution in [3.8, 4) is 16.9 Å². The average molecular weight is 446 g/mol. The molecule has 2 aromatic carbocycles. The Bertz CT molecular complexity index is 1270. The number of H-pyrrole nitrogens is 1. The number of pyridine rings is 1. The standard InChI is InChI=1S/C22H18ClF2N3O3/c1-30-12-20-27-17-5-2-13(14-3-7-21(29)26-10-14)9-18(17)28(20)11-15-8-16(23)4-6-19(15)31-22(24)25/h2-10,22H,11-12H2,1H3,(H,26,29). The van der Waals surface area contributed by atoms with Gasteiger partial charge in [0.05, 0.1) is 17.6 Å². The van der Waals surface area contributed by atoms with E-state index in [0.29, 0.717) is 16.4 Å². The number of rotatable bonds is 7. The van der Waals surface area contributed by atoms with Gasteiger partial charge in [0.15, 0.2) is 0 Å².